The van der Waals surface area contributed by atoms with Crippen LogP contribution in [0.25, 0.3) is 0 Å². The Kier molecular flexibility index (Phi) is 4.11. The summed E-state index contributed by atoms with van der Waals surface area (Å²) in [6.45, 7) is 5.95. The molecule has 2 aliphatic rings. The second-order valence-corrected chi connectivity index (χ2v) is 6.28. The number of nitrogens with zero attached hydrogens (tertiary/aromatic N) is 2. The molecule has 0 aromatic rings. The van der Waals surface area contributed by atoms with Gasteiger partial charge in [-0.1, -0.05) is 13.3 Å². The van der Waals surface area contributed by atoms with Gasteiger partial charge in [0.15, 0.2) is 0 Å². The average Bonchev–Trinajstić information content (AvgIpc) is 2.70. The van der Waals surface area contributed by atoms with E-state index in [4.69, 9.17) is 0 Å². The highest BCUT2D eigenvalue weighted by molar-refractivity contribution is 5.00. The molecule has 1 heterocycles. The highest BCUT2D eigenvalue weighted by Gasteiger charge is 2.42. The maximum absolute atomic E-state index is 3.55. The molecule has 17 heavy (non-hydrogen) atoms. The molecule has 0 aromatic heterocycles. The van der Waals surface area contributed by atoms with Crippen LogP contribution in [0.1, 0.15) is 32.6 Å². The average molecular weight is 239 g/mol. The van der Waals surface area contributed by atoms with Crippen molar-refractivity contribution in [2.45, 2.75) is 44.2 Å². The van der Waals surface area contributed by atoms with E-state index >= 15 is 0 Å². The van der Waals surface area contributed by atoms with Crippen molar-refractivity contribution in [3.8, 4) is 0 Å². The second-order valence-electron chi connectivity index (χ2n) is 6.28. The molecular weight excluding hydrogens is 210 g/mol. The quantitative estimate of drug-likeness (QED) is 0.782. The summed E-state index contributed by atoms with van der Waals surface area (Å²) in [4.78, 5) is 5.07. The number of likely N-dealkylation sites (N-methyl/N-ethyl adjacent to an activating group) is 2. The van der Waals surface area contributed by atoms with E-state index in [1.807, 2.05) is 0 Å². The van der Waals surface area contributed by atoms with E-state index in [2.05, 4.69) is 43.2 Å². The van der Waals surface area contributed by atoms with Crippen molar-refractivity contribution in [1.82, 2.24) is 15.1 Å². The molecule has 0 amide bonds. The minimum Gasteiger partial charge on any atom is -0.315 e. The van der Waals surface area contributed by atoms with E-state index in [9.17, 15) is 0 Å². The van der Waals surface area contributed by atoms with Gasteiger partial charge in [-0.05, 0) is 52.9 Å². The molecule has 0 radical (unpaired) electrons. The van der Waals surface area contributed by atoms with Crippen LogP contribution in [0.2, 0.25) is 0 Å². The first-order valence-electron chi connectivity index (χ1n) is 7.17. The Labute approximate surface area is 107 Å². The van der Waals surface area contributed by atoms with E-state index in [0.29, 0.717) is 5.54 Å². The Morgan fingerprint density at radius 2 is 1.88 bits per heavy atom. The molecule has 100 valence electrons. The first-order valence-corrected chi connectivity index (χ1v) is 7.17. The van der Waals surface area contributed by atoms with Crippen LogP contribution < -0.4 is 5.32 Å². The van der Waals surface area contributed by atoms with Crippen molar-refractivity contribution in [2.24, 2.45) is 5.92 Å². The van der Waals surface area contributed by atoms with Crippen molar-refractivity contribution in [3.63, 3.8) is 0 Å². The van der Waals surface area contributed by atoms with Gasteiger partial charge in [-0.3, -0.25) is 4.90 Å². The van der Waals surface area contributed by atoms with E-state index in [-0.39, 0.29) is 0 Å². The summed E-state index contributed by atoms with van der Waals surface area (Å²) in [5.74, 6) is 0.847. The van der Waals surface area contributed by atoms with Gasteiger partial charge in [0.05, 0.1) is 0 Å². The normalized spacial score (nSPS) is 32.1. The summed E-state index contributed by atoms with van der Waals surface area (Å²) in [5, 5.41) is 3.55. The van der Waals surface area contributed by atoms with Crippen LogP contribution in [0.4, 0.5) is 0 Å². The van der Waals surface area contributed by atoms with Gasteiger partial charge < -0.3 is 10.2 Å². The summed E-state index contributed by atoms with van der Waals surface area (Å²) in [7, 11) is 6.82. The first-order chi connectivity index (χ1) is 8.09. The van der Waals surface area contributed by atoms with Gasteiger partial charge >= 0.3 is 0 Å². The van der Waals surface area contributed by atoms with Crippen LogP contribution in [0.5, 0.6) is 0 Å². The van der Waals surface area contributed by atoms with E-state index in [1.54, 1.807) is 0 Å². The molecule has 2 unspecified atom stereocenters. The second kappa shape index (κ2) is 5.25. The predicted octanol–water partition coefficient (Wildman–Crippen LogP) is 1.40. The third-order valence-corrected chi connectivity index (χ3v) is 5.17. The predicted molar refractivity (Wildman–Crippen MR) is 73.3 cm³/mol. The van der Waals surface area contributed by atoms with Crippen molar-refractivity contribution >= 4 is 0 Å². The molecule has 2 fully saturated rings. The molecule has 0 bridgehead atoms. The fourth-order valence-corrected chi connectivity index (χ4v) is 3.56. The molecule has 2 atom stereocenters. The van der Waals surface area contributed by atoms with Crippen LogP contribution in [-0.2, 0) is 0 Å². The highest BCUT2D eigenvalue weighted by atomic mass is 15.3. The lowest BCUT2D eigenvalue weighted by Crippen LogP contribution is -2.58. The van der Waals surface area contributed by atoms with Crippen LogP contribution >= 0.6 is 0 Å². The van der Waals surface area contributed by atoms with Crippen molar-refractivity contribution in [2.75, 3.05) is 40.8 Å². The van der Waals surface area contributed by atoms with Gasteiger partial charge in [-0.2, -0.15) is 0 Å². The van der Waals surface area contributed by atoms with E-state index in [0.717, 1.165) is 12.0 Å². The van der Waals surface area contributed by atoms with Gasteiger partial charge in [0.1, 0.15) is 0 Å². The summed E-state index contributed by atoms with van der Waals surface area (Å²) >= 11 is 0. The number of hydrogen-bond donors (Lipinski definition) is 1. The Bertz CT molecular complexity index is 248. The molecule has 1 saturated carbocycles. The fourth-order valence-electron chi connectivity index (χ4n) is 3.56. The largest absolute Gasteiger partial charge is 0.315 e. The Hall–Kier alpha value is -0.120. The zero-order valence-corrected chi connectivity index (χ0v) is 12.0. The van der Waals surface area contributed by atoms with Crippen LogP contribution in [0, 0.1) is 5.92 Å². The molecule has 2 rings (SSSR count). The van der Waals surface area contributed by atoms with Gasteiger partial charge in [0.2, 0.25) is 0 Å². The van der Waals surface area contributed by atoms with Gasteiger partial charge in [0.25, 0.3) is 0 Å². The lowest BCUT2D eigenvalue weighted by atomic mass is 9.75. The minimum absolute atomic E-state index is 0.468. The molecular formula is C14H29N3. The number of hydrogen-bond acceptors (Lipinski definition) is 3. The van der Waals surface area contributed by atoms with Crippen molar-refractivity contribution in [1.29, 1.82) is 0 Å². The van der Waals surface area contributed by atoms with E-state index < -0.39 is 0 Å². The third-order valence-electron chi connectivity index (χ3n) is 5.17. The Morgan fingerprint density at radius 3 is 2.35 bits per heavy atom. The molecule has 3 heteroatoms. The smallest absolute Gasteiger partial charge is 0.0330 e. The maximum Gasteiger partial charge on any atom is 0.0330 e. The summed E-state index contributed by atoms with van der Waals surface area (Å²) < 4.78 is 0. The molecule has 1 N–H and O–H groups in total. The van der Waals surface area contributed by atoms with Crippen LogP contribution in [0.3, 0.4) is 0 Å². The van der Waals surface area contributed by atoms with Crippen LogP contribution in [-0.4, -0.2) is 62.2 Å². The Morgan fingerprint density at radius 1 is 1.18 bits per heavy atom. The lowest BCUT2D eigenvalue weighted by molar-refractivity contribution is 0.0129. The van der Waals surface area contributed by atoms with Gasteiger partial charge in [-0.25, -0.2) is 0 Å². The van der Waals surface area contributed by atoms with Crippen LogP contribution in [0.15, 0.2) is 0 Å². The third kappa shape index (κ3) is 2.51. The number of rotatable bonds is 5. The summed E-state index contributed by atoms with van der Waals surface area (Å²) in [5.41, 5.74) is 0.468. The molecule has 1 aliphatic heterocycles. The zero-order valence-electron chi connectivity index (χ0n) is 12.0. The highest BCUT2D eigenvalue weighted by Crippen LogP contribution is 2.37. The van der Waals surface area contributed by atoms with Crippen molar-refractivity contribution < 1.29 is 0 Å². The van der Waals surface area contributed by atoms with E-state index in [1.165, 1.54) is 45.3 Å². The SMILES string of the molecule is CCC1CNCC1N(C)CC1(N(C)C)CCC1. The summed E-state index contributed by atoms with van der Waals surface area (Å²) in [6, 6.07) is 0.748. The van der Waals surface area contributed by atoms with Gasteiger partial charge in [0, 0.05) is 24.7 Å². The number of nitrogens with one attached hydrogen (secondary N) is 1. The molecule has 3 nitrogen and oxygen atoms in total. The topological polar surface area (TPSA) is 18.5 Å². The molecule has 1 saturated heterocycles. The Balaban J connectivity index is 1.93. The monoisotopic (exact) mass is 239 g/mol. The zero-order chi connectivity index (χ0) is 12.5. The maximum atomic E-state index is 3.55. The first kappa shape index (κ1) is 13.3. The molecule has 0 aromatic carbocycles. The van der Waals surface area contributed by atoms with Gasteiger partial charge in [-0.15, -0.1) is 0 Å². The summed E-state index contributed by atoms with van der Waals surface area (Å²) in [6.07, 6.45) is 5.46. The molecule has 1 aliphatic carbocycles. The van der Waals surface area contributed by atoms with Crippen molar-refractivity contribution in [3.05, 3.63) is 0 Å². The minimum atomic E-state index is 0.468. The standard InChI is InChI=1S/C14H29N3/c1-5-12-9-15-10-13(12)17(4)11-14(16(2)3)7-6-8-14/h12-13,15H,5-11H2,1-4H3. The molecule has 0 spiro atoms. The fraction of sp³-hybridized carbons (Fsp3) is 1.00. The lowest BCUT2D eigenvalue weighted by Gasteiger charge is -2.50.